The second kappa shape index (κ2) is 10.4. The van der Waals surface area contributed by atoms with Gasteiger partial charge in [0, 0.05) is 31.6 Å². The molecule has 4 rings (SSSR count). The van der Waals surface area contributed by atoms with E-state index < -0.39 is 94.3 Å². The molecule has 0 radical (unpaired) electrons. The maximum Gasteiger partial charge on any atom is 0.312 e. The summed E-state index contributed by atoms with van der Waals surface area (Å²) < 4.78 is 28.8. The zero-order valence-electron chi connectivity index (χ0n) is 23.4. The molecule has 3 fully saturated rings. The summed E-state index contributed by atoms with van der Waals surface area (Å²) in [7, 11) is 0. The van der Waals surface area contributed by atoms with Gasteiger partial charge in [-0.25, -0.2) is 0 Å². The molecule has 0 aromatic rings. The first-order chi connectivity index (χ1) is 18.5. The highest BCUT2D eigenvalue weighted by atomic mass is 35.5. The van der Waals surface area contributed by atoms with E-state index in [2.05, 4.69) is 6.58 Å². The molecule has 0 bridgehead atoms. The highest BCUT2D eigenvalue weighted by Gasteiger charge is 2.79. The summed E-state index contributed by atoms with van der Waals surface area (Å²) in [5.41, 5.74) is -5.50. The smallest absolute Gasteiger partial charge is 0.312 e. The maximum absolute atomic E-state index is 12.9. The first-order valence-electron chi connectivity index (χ1n) is 13.4. The van der Waals surface area contributed by atoms with Gasteiger partial charge in [-0.2, -0.15) is 0 Å². The van der Waals surface area contributed by atoms with Gasteiger partial charge >= 0.3 is 23.9 Å². The highest BCUT2D eigenvalue weighted by molar-refractivity contribution is 6.23. The minimum absolute atomic E-state index is 0.0829. The van der Waals surface area contributed by atoms with Crippen LogP contribution in [0, 0.1) is 17.3 Å². The largest absolute Gasteiger partial charge is 0.459 e. The molecule has 2 aliphatic carbocycles. The van der Waals surface area contributed by atoms with Gasteiger partial charge in [-0.1, -0.05) is 26.5 Å². The molecular formula is C28H37ClO11. The number of aliphatic hydroxyl groups is 2. The van der Waals surface area contributed by atoms with E-state index in [-0.39, 0.29) is 12.0 Å². The summed E-state index contributed by atoms with van der Waals surface area (Å²) >= 11 is 6.70. The maximum atomic E-state index is 12.9. The van der Waals surface area contributed by atoms with Crippen molar-refractivity contribution in [2.24, 2.45) is 17.3 Å². The van der Waals surface area contributed by atoms with Crippen LogP contribution in [-0.4, -0.2) is 87.3 Å². The number of allylic oxidation sites excluding steroid dienone is 1. The molecule has 2 N–H and O–H groups in total. The van der Waals surface area contributed by atoms with Crippen molar-refractivity contribution in [3.05, 3.63) is 24.3 Å². The van der Waals surface area contributed by atoms with Gasteiger partial charge in [-0.05, 0) is 31.9 Å². The van der Waals surface area contributed by atoms with Gasteiger partial charge in [0.15, 0.2) is 17.8 Å². The van der Waals surface area contributed by atoms with E-state index in [1.165, 1.54) is 32.9 Å². The molecule has 222 valence electrons. The van der Waals surface area contributed by atoms with Crippen LogP contribution in [0.2, 0.25) is 0 Å². The molecule has 1 saturated carbocycles. The summed E-state index contributed by atoms with van der Waals surface area (Å²) in [6.45, 7) is 12.5. The lowest BCUT2D eigenvalue weighted by atomic mass is 9.52. The van der Waals surface area contributed by atoms with E-state index in [1.54, 1.807) is 13.8 Å². The van der Waals surface area contributed by atoms with Crippen LogP contribution in [0.4, 0.5) is 0 Å². The van der Waals surface area contributed by atoms with Gasteiger partial charge in [0.25, 0.3) is 0 Å². The molecule has 11 nitrogen and oxygen atoms in total. The Balaban J connectivity index is 2.01. The van der Waals surface area contributed by atoms with Crippen molar-refractivity contribution in [1.82, 2.24) is 0 Å². The Morgan fingerprint density at radius 1 is 1.07 bits per heavy atom. The minimum atomic E-state index is -2.29. The van der Waals surface area contributed by atoms with Crippen LogP contribution in [0.15, 0.2) is 24.3 Å². The van der Waals surface area contributed by atoms with Crippen LogP contribution < -0.4 is 0 Å². The number of hydrogen-bond acceptors (Lipinski definition) is 11. The van der Waals surface area contributed by atoms with Gasteiger partial charge in [0.1, 0.15) is 23.9 Å². The molecule has 0 aromatic heterocycles. The van der Waals surface area contributed by atoms with E-state index >= 15 is 0 Å². The Morgan fingerprint density at radius 3 is 2.27 bits per heavy atom. The van der Waals surface area contributed by atoms with Crippen molar-refractivity contribution < 1.29 is 53.1 Å². The lowest BCUT2D eigenvalue weighted by Gasteiger charge is -2.57. The van der Waals surface area contributed by atoms with Crippen molar-refractivity contribution in [2.45, 2.75) is 108 Å². The third-order valence-electron chi connectivity index (χ3n) is 8.83. The normalized spacial score (nSPS) is 45.8. The SMILES string of the molecule is C=C1C=CC(OC(C)=O)C2(C)C3OC3C(OC(=O)CCC)C(C)(O)C2C(OC(C)=O)C2(O)C(C)C(=O)OC2C1Cl. The van der Waals surface area contributed by atoms with Gasteiger partial charge in [0.2, 0.25) is 0 Å². The highest BCUT2D eigenvalue weighted by Crippen LogP contribution is 2.63. The Labute approximate surface area is 237 Å². The third-order valence-corrected chi connectivity index (χ3v) is 9.34. The van der Waals surface area contributed by atoms with Gasteiger partial charge in [-0.3, -0.25) is 19.2 Å². The number of epoxide rings is 1. The number of carbonyl (C=O) groups is 4. The molecular weight excluding hydrogens is 548 g/mol. The quantitative estimate of drug-likeness (QED) is 0.210. The first-order valence-corrected chi connectivity index (χ1v) is 13.8. The van der Waals surface area contributed by atoms with Crippen LogP contribution in [0.25, 0.3) is 0 Å². The number of rotatable bonds is 5. The molecule has 40 heavy (non-hydrogen) atoms. The molecule has 12 heteroatoms. The van der Waals surface area contributed by atoms with Crippen molar-refractivity contribution >= 4 is 35.5 Å². The number of halogens is 1. The molecule has 0 amide bonds. The predicted molar refractivity (Wildman–Crippen MR) is 139 cm³/mol. The van der Waals surface area contributed by atoms with Crippen molar-refractivity contribution in [3.63, 3.8) is 0 Å². The fourth-order valence-electron chi connectivity index (χ4n) is 6.85. The van der Waals surface area contributed by atoms with Crippen LogP contribution in [0.5, 0.6) is 0 Å². The lowest BCUT2D eigenvalue weighted by Crippen LogP contribution is -2.73. The van der Waals surface area contributed by atoms with Crippen LogP contribution in [0.3, 0.4) is 0 Å². The van der Waals surface area contributed by atoms with Crippen molar-refractivity contribution in [3.8, 4) is 0 Å². The van der Waals surface area contributed by atoms with E-state index in [9.17, 15) is 29.4 Å². The summed E-state index contributed by atoms with van der Waals surface area (Å²) in [5, 5.41) is 23.6. The Kier molecular flexibility index (Phi) is 7.94. The standard InChI is InChI=1S/C28H37ClO11/c1-8-9-17(32)38-23-19-22(39-19)26(6)16(36-14(4)30)11-10-12(2)18(29)21-28(35,13(3)25(33)40-21)24(37-15(5)31)20(26)27(23,7)34/h10-11,13,16,18-24,34-35H,2,8-9H2,1,3-7H3. The second-order valence-corrected chi connectivity index (χ2v) is 12.1. The number of hydrogen-bond donors (Lipinski definition) is 2. The summed E-state index contributed by atoms with van der Waals surface area (Å²) in [6.07, 6.45) is -3.44. The lowest BCUT2D eigenvalue weighted by molar-refractivity contribution is -0.258. The van der Waals surface area contributed by atoms with Crippen LogP contribution in [-0.2, 0) is 42.9 Å². The second-order valence-electron chi connectivity index (χ2n) is 11.6. The number of fused-ring (bicyclic) bond motifs is 4. The summed E-state index contributed by atoms with van der Waals surface area (Å²) in [5.74, 6) is -5.48. The zero-order valence-corrected chi connectivity index (χ0v) is 24.2. The Hall–Kier alpha value is -2.47. The van der Waals surface area contributed by atoms with Crippen LogP contribution in [0.1, 0.15) is 54.4 Å². The molecule has 0 aromatic carbocycles. The molecule has 4 aliphatic rings. The fourth-order valence-corrected chi connectivity index (χ4v) is 7.18. The third kappa shape index (κ3) is 4.64. The van der Waals surface area contributed by atoms with E-state index in [1.807, 2.05) is 0 Å². The van der Waals surface area contributed by atoms with Crippen molar-refractivity contribution in [1.29, 1.82) is 0 Å². The van der Waals surface area contributed by atoms with Gasteiger partial charge in [-0.15, -0.1) is 11.6 Å². The number of carbonyl (C=O) groups excluding carboxylic acids is 4. The molecule has 2 heterocycles. The van der Waals surface area contributed by atoms with Crippen LogP contribution >= 0.6 is 11.6 Å². The number of esters is 4. The Morgan fingerprint density at radius 2 is 1.70 bits per heavy atom. The molecule has 12 atom stereocenters. The minimum Gasteiger partial charge on any atom is -0.459 e. The fraction of sp³-hybridized carbons (Fsp3) is 0.714. The van der Waals surface area contributed by atoms with E-state index in [0.717, 1.165) is 6.92 Å². The molecule has 12 unspecified atom stereocenters. The number of alkyl halides is 1. The zero-order chi connectivity index (χ0) is 29.9. The Bertz CT molecular complexity index is 1130. The topological polar surface area (TPSA) is 158 Å². The van der Waals surface area contributed by atoms with Crippen molar-refractivity contribution in [2.75, 3.05) is 0 Å². The summed E-state index contributed by atoms with van der Waals surface area (Å²) in [4.78, 5) is 50.5. The summed E-state index contributed by atoms with van der Waals surface area (Å²) in [6, 6.07) is 0. The average Bonchev–Trinajstić information content (AvgIpc) is 3.62. The predicted octanol–water partition coefficient (Wildman–Crippen LogP) is 1.74. The van der Waals surface area contributed by atoms with Gasteiger partial charge in [0.05, 0.1) is 17.4 Å². The monoisotopic (exact) mass is 584 g/mol. The van der Waals surface area contributed by atoms with Gasteiger partial charge < -0.3 is 33.9 Å². The molecule has 2 aliphatic heterocycles. The first kappa shape index (κ1) is 30.5. The molecule has 0 spiro atoms. The van der Waals surface area contributed by atoms with E-state index in [0.29, 0.717) is 6.42 Å². The van der Waals surface area contributed by atoms with E-state index in [4.69, 9.17) is 35.3 Å². The molecule has 2 saturated heterocycles. The average molecular weight is 585 g/mol. The number of ether oxygens (including phenoxy) is 5.